The Morgan fingerprint density at radius 2 is 0.923 bits per heavy atom. The number of hydrogen-bond acceptors (Lipinski definition) is 4. The van der Waals surface area contributed by atoms with Crippen molar-refractivity contribution < 1.29 is 0 Å². The van der Waals surface area contributed by atoms with Crippen molar-refractivity contribution in [1.82, 2.24) is 19.9 Å². The Kier molecular flexibility index (Phi) is 7.10. The molecular formula is C48H30N4. The maximum absolute atomic E-state index is 5.30. The van der Waals surface area contributed by atoms with Crippen LogP contribution in [-0.4, -0.2) is 19.9 Å². The summed E-state index contributed by atoms with van der Waals surface area (Å²) in [5, 5.41) is 5.74. The fraction of sp³-hybridized carbons (Fsp3) is 0. The fourth-order valence-corrected chi connectivity index (χ4v) is 7.34. The molecule has 0 aliphatic heterocycles. The average Bonchev–Trinajstić information content (AvgIpc) is 3.23. The summed E-state index contributed by atoms with van der Waals surface area (Å²) in [6.45, 7) is 0. The Bertz CT molecular complexity index is 2880. The highest BCUT2D eigenvalue weighted by Crippen LogP contribution is 2.39. The molecule has 0 unspecified atom stereocenters. The second-order valence-corrected chi connectivity index (χ2v) is 13.1. The van der Waals surface area contributed by atoms with Gasteiger partial charge in [0.05, 0.1) is 33.6 Å². The lowest BCUT2D eigenvalue weighted by Gasteiger charge is -2.14. The SMILES string of the molecule is c1ccc(-c2cc(-c3ccc(-c4ccc5ccc6c(-c7ccc8ccccc8c7)c7ccccc7nc6c5n4)cc3)cc(-c3ccccn3)c2)nc1. The van der Waals surface area contributed by atoms with Crippen LogP contribution in [0.15, 0.2) is 182 Å². The van der Waals surface area contributed by atoms with Crippen LogP contribution in [0.3, 0.4) is 0 Å². The van der Waals surface area contributed by atoms with E-state index in [1.807, 2.05) is 48.8 Å². The molecule has 0 amide bonds. The van der Waals surface area contributed by atoms with Crippen LogP contribution >= 0.6 is 0 Å². The van der Waals surface area contributed by atoms with Crippen LogP contribution in [0.5, 0.6) is 0 Å². The van der Waals surface area contributed by atoms with Gasteiger partial charge in [0.25, 0.3) is 0 Å². The van der Waals surface area contributed by atoms with E-state index in [0.717, 1.165) is 77.6 Å². The van der Waals surface area contributed by atoms with Gasteiger partial charge in [0.2, 0.25) is 0 Å². The fourth-order valence-electron chi connectivity index (χ4n) is 7.34. The van der Waals surface area contributed by atoms with Gasteiger partial charge >= 0.3 is 0 Å². The molecule has 10 aromatic rings. The lowest BCUT2D eigenvalue weighted by molar-refractivity contribution is 1.31. The van der Waals surface area contributed by atoms with Crippen molar-refractivity contribution in [3.63, 3.8) is 0 Å². The summed E-state index contributed by atoms with van der Waals surface area (Å²) in [5.41, 5.74) is 13.2. The predicted octanol–water partition coefficient (Wildman–Crippen LogP) is 12.2. The van der Waals surface area contributed by atoms with Gasteiger partial charge in [-0.05, 0) is 88.1 Å². The van der Waals surface area contributed by atoms with Crippen LogP contribution in [0.25, 0.3) is 99.5 Å². The summed E-state index contributed by atoms with van der Waals surface area (Å²) >= 11 is 0. The third kappa shape index (κ3) is 5.26. The van der Waals surface area contributed by atoms with Crippen LogP contribution < -0.4 is 0 Å². The molecule has 4 aromatic heterocycles. The molecule has 0 atom stereocenters. The monoisotopic (exact) mass is 662 g/mol. The molecule has 0 fully saturated rings. The highest BCUT2D eigenvalue weighted by atomic mass is 14.8. The van der Waals surface area contributed by atoms with E-state index >= 15 is 0 Å². The summed E-state index contributed by atoms with van der Waals surface area (Å²) in [6, 6.07) is 59.6. The molecular weight excluding hydrogens is 633 g/mol. The Labute approximate surface area is 300 Å². The molecule has 0 aliphatic carbocycles. The van der Waals surface area contributed by atoms with E-state index in [1.165, 1.54) is 21.9 Å². The summed E-state index contributed by atoms with van der Waals surface area (Å²) in [6.07, 6.45) is 3.67. The molecule has 0 bridgehead atoms. The van der Waals surface area contributed by atoms with Gasteiger partial charge in [0, 0.05) is 50.8 Å². The first-order chi connectivity index (χ1) is 25.7. The zero-order valence-corrected chi connectivity index (χ0v) is 28.1. The number of pyridine rings is 4. The van der Waals surface area contributed by atoms with Crippen molar-refractivity contribution in [2.24, 2.45) is 0 Å². The second kappa shape index (κ2) is 12.4. The van der Waals surface area contributed by atoms with Crippen LogP contribution in [0, 0.1) is 0 Å². The van der Waals surface area contributed by atoms with E-state index in [9.17, 15) is 0 Å². The standard InChI is InChI=1S/C48H30N4/c1-2-10-35-27-36(20-17-31(35)9-1)46-40-11-3-4-14-45(40)52-48-41(46)23-21-34-22-24-44(51-47(34)48)33-18-15-32(16-19-33)37-28-38(42-12-5-7-25-49-42)30-39(29-37)43-13-6-8-26-50-43/h1-30H. The van der Waals surface area contributed by atoms with Crippen LogP contribution in [0.1, 0.15) is 0 Å². The summed E-state index contributed by atoms with van der Waals surface area (Å²) in [4.78, 5) is 19.8. The lowest BCUT2D eigenvalue weighted by atomic mass is 9.93. The molecule has 52 heavy (non-hydrogen) atoms. The molecule has 4 heterocycles. The quantitative estimate of drug-likeness (QED) is 0.136. The van der Waals surface area contributed by atoms with E-state index in [1.54, 1.807) is 0 Å². The number of hydrogen-bond donors (Lipinski definition) is 0. The Morgan fingerprint density at radius 3 is 1.67 bits per heavy atom. The zero-order valence-electron chi connectivity index (χ0n) is 28.1. The van der Waals surface area contributed by atoms with Crippen molar-refractivity contribution in [3.05, 3.63) is 182 Å². The van der Waals surface area contributed by atoms with Crippen molar-refractivity contribution in [2.45, 2.75) is 0 Å². The van der Waals surface area contributed by atoms with E-state index in [-0.39, 0.29) is 0 Å². The van der Waals surface area contributed by atoms with Gasteiger partial charge < -0.3 is 0 Å². The largest absolute Gasteiger partial charge is 0.256 e. The first kappa shape index (κ1) is 29.8. The number of nitrogens with zero attached hydrogens (tertiary/aromatic N) is 4. The van der Waals surface area contributed by atoms with E-state index in [2.05, 4.69) is 143 Å². The van der Waals surface area contributed by atoms with Crippen molar-refractivity contribution in [3.8, 4) is 56.0 Å². The van der Waals surface area contributed by atoms with E-state index in [4.69, 9.17) is 9.97 Å². The lowest BCUT2D eigenvalue weighted by Crippen LogP contribution is -1.93. The highest BCUT2D eigenvalue weighted by Gasteiger charge is 2.16. The van der Waals surface area contributed by atoms with Crippen LogP contribution in [-0.2, 0) is 0 Å². The number of fused-ring (bicyclic) bond motifs is 5. The minimum atomic E-state index is 0.898. The smallest absolute Gasteiger partial charge is 0.0978 e. The summed E-state index contributed by atoms with van der Waals surface area (Å²) in [5.74, 6) is 0. The molecule has 0 saturated heterocycles. The number of benzene rings is 6. The molecule has 242 valence electrons. The van der Waals surface area contributed by atoms with Gasteiger partial charge in [-0.15, -0.1) is 0 Å². The molecule has 0 radical (unpaired) electrons. The number of aromatic nitrogens is 4. The van der Waals surface area contributed by atoms with Crippen molar-refractivity contribution in [2.75, 3.05) is 0 Å². The first-order valence-electron chi connectivity index (χ1n) is 17.5. The average molecular weight is 663 g/mol. The van der Waals surface area contributed by atoms with Crippen LogP contribution in [0.4, 0.5) is 0 Å². The minimum absolute atomic E-state index is 0.898. The molecule has 0 saturated carbocycles. The second-order valence-electron chi connectivity index (χ2n) is 13.1. The minimum Gasteiger partial charge on any atom is -0.256 e. The summed E-state index contributed by atoms with van der Waals surface area (Å²) in [7, 11) is 0. The molecule has 0 spiro atoms. The summed E-state index contributed by atoms with van der Waals surface area (Å²) < 4.78 is 0. The molecule has 6 aromatic carbocycles. The van der Waals surface area contributed by atoms with Crippen molar-refractivity contribution in [1.29, 1.82) is 0 Å². The third-order valence-electron chi connectivity index (χ3n) is 9.92. The Morgan fingerprint density at radius 1 is 0.308 bits per heavy atom. The molecule has 4 heteroatoms. The van der Waals surface area contributed by atoms with E-state index < -0.39 is 0 Å². The normalized spacial score (nSPS) is 11.5. The van der Waals surface area contributed by atoms with E-state index in [0.29, 0.717) is 0 Å². The van der Waals surface area contributed by atoms with Crippen molar-refractivity contribution >= 4 is 43.5 Å². The predicted molar refractivity (Wildman–Crippen MR) is 215 cm³/mol. The Balaban J connectivity index is 1.09. The van der Waals surface area contributed by atoms with Crippen LogP contribution in [0.2, 0.25) is 0 Å². The van der Waals surface area contributed by atoms with Gasteiger partial charge in [-0.1, -0.05) is 109 Å². The maximum Gasteiger partial charge on any atom is 0.0978 e. The Hall–Kier alpha value is -7.04. The maximum atomic E-state index is 5.30. The molecule has 0 N–H and O–H groups in total. The van der Waals surface area contributed by atoms with Gasteiger partial charge in [-0.25, -0.2) is 9.97 Å². The third-order valence-corrected chi connectivity index (χ3v) is 9.92. The zero-order chi connectivity index (χ0) is 34.4. The number of para-hydroxylation sites is 1. The first-order valence-corrected chi connectivity index (χ1v) is 17.5. The molecule has 10 rings (SSSR count). The van der Waals surface area contributed by atoms with Gasteiger partial charge in [0.15, 0.2) is 0 Å². The topological polar surface area (TPSA) is 51.6 Å². The number of rotatable bonds is 5. The van der Waals surface area contributed by atoms with Gasteiger partial charge in [-0.3, -0.25) is 9.97 Å². The highest BCUT2D eigenvalue weighted by molar-refractivity contribution is 6.16. The van der Waals surface area contributed by atoms with Gasteiger partial charge in [0.1, 0.15) is 0 Å². The van der Waals surface area contributed by atoms with Gasteiger partial charge in [-0.2, -0.15) is 0 Å². The molecule has 4 nitrogen and oxygen atoms in total. The molecule has 0 aliphatic rings.